The van der Waals surface area contributed by atoms with Crippen LogP contribution in [0.25, 0.3) is 39.3 Å². The molecule has 0 heterocycles. The maximum atomic E-state index is 4.58. The van der Waals surface area contributed by atoms with Crippen molar-refractivity contribution in [1.82, 2.24) is 0 Å². The second kappa shape index (κ2) is 13.5. The van der Waals surface area contributed by atoms with E-state index in [-0.39, 0.29) is 0 Å². The Balaban J connectivity index is 1.12. The normalized spacial score (nSPS) is 15.3. The average molecular weight is 608 g/mol. The van der Waals surface area contributed by atoms with Gasteiger partial charge >= 0.3 is 0 Å². The number of anilines is 1. The van der Waals surface area contributed by atoms with Gasteiger partial charge in [-0.25, -0.2) is 0 Å². The molecule has 0 spiro atoms. The van der Waals surface area contributed by atoms with Crippen LogP contribution in [-0.2, 0) is 12.8 Å². The molecular formula is C46H41N. The third-order valence-corrected chi connectivity index (χ3v) is 9.68. The zero-order valence-corrected chi connectivity index (χ0v) is 27.0. The standard InChI is InChI=1S/C46H41N/c1-4-5-6-11-29-47(34(3)20-19-33(2)39-27-25-37-23-21-35-13-7-9-17-43(35)45(37)31-39)42-16-12-15-40(30-42)41-28-26-38-24-22-36-14-8-10-18-44(36)46(38)32-41/h4-9,11-17,21-31,41H,1-3,10,18-20,32H2/b6-5-,29-11+. The summed E-state index contributed by atoms with van der Waals surface area (Å²) >= 11 is 0. The minimum absolute atomic E-state index is 0.336. The Kier molecular flexibility index (Phi) is 8.71. The molecule has 1 nitrogen and oxygen atoms in total. The summed E-state index contributed by atoms with van der Waals surface area (Å²) in [6.45, 7) is 12.9. The third-order valence-electron chi connectivity index (χ3n) is 9.68. The lowest BCUT2D eigenvalue weighted by atomic mass is 9.79. The molecule has 0 amide bonds. The van der Waals surface area contributed by atoms with E-state index < -0.39 is 0 Å². The summed E-state index contributed by atoms with van der Waals surface area (Å²) in [4.78, 5) is 2.23. The zero-order chi connectivity index (χ0) is 32.2. The average Bonchev–Trinajstić information content (AvgIpc) is 3.13. The van der Waals surface area contributed by atoms with Crippen LogP contribution in [0.1, 0.15) is 58.6 Å². The Labute approximate surface area is 279 Å². The molecule has 0 fully saturated rings. The van der Waals surface area contributed by atoms with E-state index in [4.69, 9.17) is 0 Å². The third kappa shape index (κ3) is 6.35. The number of benzene rings is 5. The van der Waals surface area contributed by atoms with Crippen LogP contribution in [0.2, 0.25) is 0 Å². The first kappa shape index (κ1) is 30.3. The van der Waals surface area contributed by atoms with Gasteiger partial charge in [0.1, 0.15) is 0 Å². The van der Waals surface area contributed by atoms with Crippen molar-refractivity contribution >= 4 is 45.0 Å². The van der Waals surface area contributed by atoms with Gasteiger partial charge in [-0.2, -0.15) is 0 Å². The van der Waals surface area contributed by atoms with Crippen molar-refractivity contribution in [3.05, 3.63) is 192 Å². The molecule has 0 aromatic heterocycles. The largest absolute Gasteiger partial charge is 0.321 e. The summed E-state index contributed by atoms with van der Waals surface area (Å²) in [6.07, 6.45) is 24.1. The lowest BCUT2D eigenvalue weighted by Crippen LogP contribution is -2.16. The molecule has 0 bridgehead atoms. The second-order valence-electron chi connectivity index (χ2n) is 12.6. The first-order valence-electron chi connectivity index (χ1n) is 16.7. The summed E-state index contributed by atoms with van der Waals surface area (Å²) in [5.74, 6) is 0.336. The summed E-state index contributed by atoms with van der Waals surface area (Å²) in [6, 6.07) is 33.3. The lowest BCUT2D eigenvalue weighted by molar-refractivity contribution is 0.805. The van der Waals surface area contributed by atoms with E-state index in [2.05, 4.69) is 152 Å². The Morgan fingerprint density at radius 2 is 1.55 bits per heavy atom. The van der Waals surface area contributed by atoms with Crippen LogP contribution in [-0.4, -0.2) is 0 Å². The molecular weight excluding hydrogens is 567 g/mol. The van der Waals surface area contributed by atoms with E-state index >= 15 is 0 Å². The van der Waals surface area contributed by atoms with Crippen molar-refractivity contribution in [2.75, 3.05) is 4.90 Å². The van der Waals surface area contributed by atoms with E-state index in [0.717, 1.165) is 49.1 Å². The number of rotatable bonds is 10. The summed E-state index contributed by atoms with van der Waals surface area (Å²) in [5, 5.41) is 5.06. The number of allylic oxidation sites excluding steroid dienone is 8. The molecule has 1 unspecified atom stereocenters. The lowest BCUT2D eigenvalue weighted by Gasteiger charge is -2.27. The van der Waals surface area contributed by atoms with Crippen LogP contribution in [0.4, 0.5) is 5.69 Å². The fourth-order valence-electron chi connectivity index (χ4n) is 7.09. The molecule has 0 saturated carbocycles. The molecule has 0 aliphatic heterocycles. The Bertz CT molecular complexity index is 2130. The van der Waals surface area contributed by atoms with Crippen LogP contribution >= 0.6 is 0 Å². The van der Waals surface area contributed by atoms with Gasteiger partial charge in [0.25, 0.3) is 0 Å². The zero-order valence-electron chi connectivity index (χ0n) is 27.0. The van der Waals surface area contributed by atoms with Crippen molar-refractivity contribution in [3.63, 3.8) is 0 Å². The Morgan fingerprint density at radius 1 is 0.745 bits per heavy atom. The summed E-state index contributed by atoms with van der Waals surface area (Å²) in [7, 11) is 0. The predicted molar refractivity (Wildman–Crippen MR) is 206 cm³/mol. The van der Waals surface area contributed by atoms with E-state index in [0.29, 0.717) is 5.92 Å². The smallest absolute Gasteiger partial charge is 0.0454 e. The Morgan fingerprint density at radius 3 is 2.43 bits per heavy atom. The molecule has 1 atom stereocenters. The van der Waals surface area contributed by atoms with Crippen molar-refractivity contribution in [1.29, 1.82) is 0 Å². The van der Waals surface area contributed by atoms with E-state index in [1.54, 1.807) is 6.08 Å². The topological polar surface area (TPSA) is 3.24 Å². The highest BCUT2D eigenvalue weighted by atomic mass is 15.1. The summed E-state index contributed by atoms with van der Waals surface area (Å²) in [5.41, 5.74) is 11.6. The maximum absolute atomic E-state index is 4.58. The fraction of sp³-hybridized carbons (Fsp3) is 0.130. The van der Waals surface area contributed by atoms with Gasteiger partial charge in [0, 0.05) is 23.5 Å². The van der Waals surface area contributed by atoms with Crippen molar-refractivity contribution in [2.45, 2.75) is 38.0 Å². The van der Waals surface area contributed by atoms with Gasteiger partial charge in [-0.05, 0) is 117 Å². The van der Waals surface area contributed by atoms with Gasteiger partial charge in [0.15, 0.2) is 0 Å². The maximum Gasteiger partial charge on any atom is 0.0454 e. The highest BCUT2D eigenvalue weighted by molar-refractivity contribution is 6.08. The molecule has 2 aliphatic rings. The van der Waals surface area contributed by atoms with Crippen LogP contribution in [0.15, 0.2) is 159 Å². The van der Waals surface area contributed by atoms with Crippen molar-refractivity contribution in [2.24, 2.45) is 0 Å². The molecule has 5 aromatic rings. The Hall–Kier alpha value is -5.40. The number of fused-ring (bicyclic) bond motifs is 6. The molecule has 230 valence electrons. The van der Waals surface area contributed by atoms with Crippen LogP contribution < -0.4 is 4.90 Å². The highest BCUT2D eigenvalue weighted by Crippen LogP contribution is 2.37. The van der Waals surface area contributed by atoms with Gasteiger partial charge in [0.05, 0.1) is 0 Å². The molecule has 47 heavy (non-hydrogen) atoms. The molecule has 1 heteroatoms. The number of hydrogen-bond donors (Lipinski definition) is 0. The first-order chi connectivity index (χ1) is 23.1. The molecule has 0 radical (unpaired) electrons. The van der Waals surface area contributed by atoms with Gasteiger partial charge in [0.2, 0.25) is 0 Å². The molecule has 7 rings (SSSR count). The minimum Gasteiger partial charge on any atom is -0.321 e. The van der Waals surface area contributed by atoms with Gasteiger partial charge in [-0.3, -0.25) is 0 Å². The van der Waals surface area contributed by atoms with Gasteiger partial charge < -0.3 is 4.90 Å². The quantitative estimate of drug-likeness (QED) is 0.113. The van der Waals surface area contributed by atoms with E-state index in [1.807, 2.05) is 12.2 Å². The number of nitrogens with zero attached hydrogens (tertiary/aromatic N) is 1. The molecule has 5 aromatic carbocycles. The van der Waals surface area contributed by atoms with Gasteiger partial charge in [-0.15, -0.1) is 0 Å². The molecule has 0 saturated heterocycles. The van der Waals surface area contributed by atoms with Crippen molar-refractivity contribution < 1.29 is 0 Å². The first-order valence-corrected chi connectivity index (χ1v) is 16.7. The minimum atomic E-state index is 0.336. The predicted octanol–water partition coefficient (Wildman–Crippen LogP) is 12.4. The second-order valence-corrected chi connectivity index (χ2v) is 12.6. The highest BCUT2D eigenvalue weighted by Gasteiger charge is 2.21. The van der Waals surface area contributed by atoms with Crippen LogP contribution in [0, 0.1) is 0 Å². The van der Waals surface area contributed by atoms with Crippen molar-refractivity contribution in [3.8, 4) is 0 Å². The monoisotopic (exact) mass is 607 g/mol. The molecule has 2 aliphatic carbocycles. The van der Waals surface area contributed by atoms with E-state index in [1.165, 1.54) is 54.9 Å². The number of hydrogen-bond acceptors (Lipinski definition) is 1. The summed E-state index contributed by atoms with van der Waals surface area (Å²) < 4.78 is 0. The SMILES string of the molecule is C=C/C=C\C=C\N(C(=C)CCC(=C)c1ccc2ccc3ccccc3c2c1)c1cccc(C2C=Cc3ccc4c(c3C2)CCC=C4)c1. The van der Waals surface area contributed by atoms with Gasteiger partial charge in [-0.1, -0.05) is 135 Å². The fourth-order valence-corrected chi connectivity index (χ4v) is 7.09. The van der Waals surface area contributed by atoms with Crippen LogP contribution in [0.3, 0.4) is 0 Å². The van der Waals surface area contributed by atoms with Crippen LogP contribution in [0.5, 0.6) is 0 Å². The van der Waals surface area contributed by atoms with E-state index in [9.17, 15) is 0 Å². The molecule has 0 N–H and O–H groups in total.